The van der Waals surface area contributed by atoms with Crippen LogP contribution in [0.2, 0.25) is 0 Å². The summed E-state index contributed by atoms with van der Waals surface area (Å²) in [6, 6.07) is 12.0. The molecule has 0 saturated heterocycles. The zero-order valence-electron chi connectivity index (χ0n) is 17.3. The van der Waals surface area contributed by atoms with Gasteiger partial charge in [-0.3, -0.25) is 4.98 Å². The van der Waals surface area contributed by atoms with Crippen molar-refractivity contribution in [2.24, 2.45) is 4.99 Å². The van der Waals surface area contributed by atoms with Gasteiger partial charge in [-0.25, -0.2) is 4.99 Å². The Bertz CT molecular complexity index is 977. The molecule has 2 heterocycles. The SMILES string of the molecule is CCNC(=NCc1nccc2ccccc12)NCC(C)(O)c1cc(C)oc1C.I. The van der Waals surface area contributed by atoms with E-state index in [1.165, 1.54) is 0 Å². The van der Waals surface area contributed by atoms with E-state index in [0.717, 1.165) is 40.1 Å². The number of aliphatic imine (C=N–C) groups is 1. The number of benzene rings is 1. The van der Waals surface area contributed by atoms with Gasteiger partial charge in [0.25, 0.3) is 0 Å². The second-order valence-electron chi connectivity index (χ2n) is 7.13. The monoisotopic (exact) mass is 508 g/mol. The molecule has 7 heteroatoms. The third-order valence-electron chi connectivity index (χ3n) is 4.71. The van der Waals surface area contributed by atoms with Crippen molar-refractivity contribution in [2.45, 2.75) is 39.8 Å². The standard InChI is InChI=1S/C22H28N4O2.HI/c1-5-23-21(26-14-22(4,27)19-12-15(2)28-16(19)3)25-13-20-18-9-7-6-8-17(18)10-11-24-20;/h6-12,27H,5,13-14H2,1-4H3,(H2,23,25,26);1H. The molecule has 1 unspecified atom stereocenters. The summed E-state index contributed by atoms with van der Waals surface area (Å²) in [7, 11) is 0. The highest BCUT2D eigenvalue weighted by atomic mass is 127. The number of aliphatic hydroxyl groups is 1. The minimum Gasteiger partial charge on any atom is -0.466 e. The van der Waals surface area contributed by atoms with E-state index >= 15 is 0 Å². The van der Waals surface area contributed by atoms with Crippen LogP contribution in [0.3, 0.4) is 0 Å². The first-order valence-electron chi connectivity index (χ1n) is 9.55. The highest BCUT2D eigenvalue weighted by Crippen LogP contribution is 2.26. The van der Waals surface area contributed by atoms with Crippen LogP contribution in [0, 0.1) is 13.8 Å². The van der Waals surface area contributed by atoms with Crippen LogP contribution in [0.25, 0.3) is 10.8 Å². The van der Waals surface area contributed by atoms with Gasteiger partial charge in [0.05, 0.1) is 18.8 Å². The molecule has 3 aromatic rings. The van der Waals surface area contributed by atoms with Crippen molar-refractivity contribution < 1.29 is 9.52 Å². The molecular formula is C22H29IN4O2. The van der Waals surface area contributed by atoms with Crippen LogP contribution in [0.1, 0.15) is 36.6 Å². The van der Waals surface area contributed by atoms with Crippen LogP contribution in [0.5, 0.6) is 0 Å². The summed E-state index contributed by atoms with van der Waals surface area (Å²) in [4.78, 5) is 9.14. The van der Waals surface area contributed by atoms with Gasteiger partial charge < -0.3 is 20.2 Å². The summed E-state index contributed by atoms with van der Waals surface area (Å²) < 4.78 is 5.56. The smallest absolute Gasteiger partial charge is 0.191 e. The van der Waals surface area contributed by atoms with E-state index in [9.17, 15) is 5.11 Å². The van der Waals surface area contributed by atoms with Crippen molar-refractivity contribution in [3.8, 4) is 0 Å². The molecular weight excluding hydrogens is 479 g/mol. The lowest BCUT2D eigenvalue weighted by Gasteiger charge is -2.24. The number of hydrogen-bond donors (Lipinski definition) is 3. The summed E-state index contributed by atoms with van der Waals surface area (Å²) in [5.74, 6) is 2.15. The molecule has 0 amide bonds. The second kappa shape index (κ2) is 10.1. The van der Waals surface area contributed by atoms with E-state index in [-0.39, 0.29) is 24.0 Å². The molecule has 0 spiro atoms. The summed E-state index contributed by atoms with van der Waals surface area (Å²) in [5.41, 5.74) is 0.628. The number of furan rings is 1. The van der Waals surface area contributed by atoms with Gasteiger partial charge in [0.15, 0.2) is 5.96 Å². The number of nitrogens with one attached hydrogen (secondary N) is 2. The molecule has 0 bridgehead atoms. The topological polar surface area (TPSA) is 82.7 Å². The largest absolute Gasteiger partial charge is 0.466 e. The molecule has 2 aromatic heterocycles. The van der Waals surface area contributed by atoms with Gasteiger partial charge in [-0.1, -0.05) is 24.3 Å². The Morgan fingerprint density at radius 1 is 1.21 bits per heavy atom. The molecule has 29 heavy (non-hydrogen) atoms. The van der Waals surface area contributed by atoms with Crippen molar-refractivity contribution in [3.05, 3.63) is 65.4 Å². The fourth-order valence-electron chi connectivity index (χ4n) is 3.32. The third-order valence-corrected chi connectivity index (χ3v) is 4.71. The summed E-state index contributed by atoms with van der Waals surface area (Å²) in [6.07, 6.45) is 1.81. The number of guanidine groups is 1. The maximum absolute atomic E-state index is 10.9. The van der Waals surface area contributed by atoms with Crippen molar-refractivity contribution in [1.29, 1.82) is 0 Å². The first-order valence-corrected chi connectivity index (χ1v) is 9.55. The molecule has 0 fully saturated rings. The Hall–Kier alpha value is -2.13. The Morgan fingerprint density at radius 2 is 1.97 bits per heavy atom. The number of aryl methyl sites for hydroxylation is 2. The van der Waals surface area contributed by atoms with Gasteiger partial charge >= 0.3 is 0 Å². The first kappa shape index (κ1) is 23.2. The van der Waals surface area contributed by atoms with Crippen LogP contribution < -0.4 is 10.6 Å². The zero-order valence-corrected chi connectivity index (χ0v) is 19.7. The predicted molar refractivity (Wildman–Crippen MR) is 128 cm³/mol. The zero-order chi connectivity index (χ0) is 20.1. The Labute approximate surface area is 188 Å². The van der Waals surface area contributed by atoms with Gasteiger partial charge in [-0.05, 0) is 45.2 Å². The predicted octanol–water partition coefficient (Wildman–Crippen LogP) is 4.03. The van der Waals surface area contributed by atoms with E-state index in [1.54, 1.807) is 6.92 Å². The Kier molecular flexibility index (Phi) is 8.04. The van der Waals surface area contributed by atoms with Crippen LogP contribution >= 0.6 is 24.0 Å². The highest BCUT2D eigenvalue weighted by molar-refractivity contribution is 14.0. The summed E-state index contributed by atoms with van der Waals surface area (Å²) in [6.45, 7) is 9.00. The quantitative estimate of drug-likeness (QED) is 0.266. The van der Waals surface area contributed by atoms with Crippen molar-refractivity contribution in [2.75, 3.05) is 13.1 Å². The van der Waals surface area contributed by atoms with Crippen LogP contribution in [0.4, 0.5) is 0 Å². The Morgan fingerprint density at radius 3 is 2.66 bits per heavy atom. The molecule has 156 valence electrons. The minimum atomic E-state index is -1.07. The fourth-order valence-corrected chi connectivity index (χ4v) is 3.32. The maximum atomic E-state index is 10.9. The second-order valence-corrected chi connectivity index (χ2v) is 7.13. The van der Waals surface area contributed by atoms with E-state index in [0.29, 0.717) is 19.0 Å². The van der Waals surface area contributed by atoms with Crippen molar-refractivity contribution in [1.82, 2.24) is 15.6 Å². The number of halogens is 1. The molecule has 6 nitrogen and oxygen atoms in total. The lowest BCUT2D eigenvalue weighted by Crippen LogP contribution is -2.44. The summed E-state index contributed by atoms with van der Waals surface area (Å²) >= 11 is 0. The van der Waals surface area contributed by atoms with E-state index in [2.05, 4.69) is 32.7 Å². The normalized spacial score (nSPS) is 13.6. The van der Waals surface area contributed by atoms with E-state index in [1.807, 2.05) is 51.2 Å². The molecule has 0 aliphatic heterocycles. The first-order chi connectivity index (χ1) is 13.4. The number of hydrogen-bond acceptors (Lipinski definition) is 4. The molecule has 0 aliphatic rings. The number of pyridine rings is 1. The van der Waals surface area contributed by atoms with Gasteiger partial charge in [0, 0.05) is 23.7 Å². The van der Waals surface area contributed by atoms with Gasteiger partial charge in [-0.2, -0.15) is 0 Å². The molecule has 0 saturated carbocycles. The van der Waals surface area contributed by atoms with Crippen molar-refractivity contribution >= 4 is 40.7 Å². The number of rotatable bonds is 6. The minimum absolute atomic E-state index is 0. The van der Waals surface area contributed by atoms with E-state index in [4.69, 9.17) is 4.42 Å². The van der Waals surface area contributed by atoms with Crippen LogP contribution in [0.15, 0.2) is 52.0 Å². The molecule has 0 radical (unpaired) electrons. The average Bonchev–Trinajstić information content (AvgIpc) is 3.03. The van der Waals surface area contributed by atoms with Gasteiger partial charge in [-0.15, -0.1) is 24.0 Å². The number of fused-ring (bicyclic) bond motifs is 1. The molecule has 1 atom stereocenters. The van der Waals surface area contributed by atoms with E-state index < -0.39 is 5.60 Å². The third kappa shape index (κ3) is 5.70. The lowest BCUT2D eigenvalue weighted by molar-refractivity contribution is 0.0601. The van der Waals surface area contributed by atoms with Gasteiger partial charge in [0.1, 0.15) is 17.1 Å². The molecule has 1 aromatic carbocycles. The van der Waals surface area contributed by atoms with Crippen molar-refractivity contribution in [3.63, 3.8) is 0 Å². The number of nitrogens with zero attached hydrogens (tertiary/aromatic N) is 2. The number of aromatic nitrogens is 1. The Balaban J connectivity index is 0.00000300. The lowest BCUT2D eigenvalue weighted by atomic mass is 9.96. The molecule has 3 rings (SSSR count). The van der Waals surface area contributed by atoms with Gasteiger partial charge in [0.2, 0.25) is 0 Å². The highest BCUT2D eigenvalue weighted by Gasteiger charge is 2.27. The molecule has 0 aliphatic carbocycles. The summed E-state index contributed by atoms with van der Waals surface area (Å²) in [5, 5.41) is 19.6. The maximum Gasteiger partial charge on any atom is 0.191 e. The van der Waals surface area contributed by atoms with Crippen LogP contribution in [-0.2, 0) is 12.1 Å². The van der Waals surface area contributed by atoms with Crippen LogP contribution in [-0.4, -0.2) is 29.1 Å². The molecule has 3 N–H and O–H groups in total. The fraction of sp³-hybridized carbons (Fsp3) is 0.364. The average molecular weight is 508 g/mol.